The summed E-state index contributed by atoms with van der Waals surface area (Å²) in [6, 6.07) is 7.79. The average molecular weight is 239 g/mol. The zero-order chi connectivity index (χ0) is 11.8. The van der Waals surface area contributed by atoms with Crippen LogP contribution in [0.4, 0.5) is 0 Å². The summed E-state index contributed by atoms with van der Waals surface area (Å²) in [6.07, 6.45) is 2.16. The summed E-state index contributed by atoms with van der Waals surface area (Å²) in [5, 5.41) is 4.11. The van der Waals surface area contributed by atoms with E-state index in [1.165, 1.54) is 0 Å². The predicted molar refractivity (Wildman–Crippen MR) is 71.4 cm³/mol. The third-order valence-corrected chi connectivity index (χ3v) is 2.41. The highest BCUT2D eigenvalue weighted by atomic mass is 35.5. The van der Waals surface area contributed by atoms with Gasteiger partial charge in [0.05, 0.1) is 0 Å². The van der Waals surface area contributed by atoms with E-state index in [2.05, 4.69) is 24.2 Å². The van der Waals surface area contributed by atoms with E-state index < -0.39 is 0 Å². The van der Waals surface area contributed by atoms with Gasteiger partial charge in [-0.1, -0.05) is 25.4 Å². The second kappa shape index (κ2) is 7.29. The lowest BCUT2D eigenvalue weighted by Gasteiger charge is -2.09. The van der Waals surface area contributed by atoms with Crippen LogP contribution in [0.25, 0.3) is 0 Å². The van der Waals surface area contributed by atoms with Crippen molar-refractivity contribution in [1.82, 2.24) is 5.32 Å². The molecule has 0 fully saturated rings. The highest BCUT2D eigenvalue weighted by Gasteiger charge is 2.01. The first-order chi connectivity index (χ1) is 7.77. The Morgan fingerprint density at radius 1 is 1.19 bits per heavy atom. The van der Waals surface area contributed by atoms with Gasteiger partial charge < -0.3 is 5.32 Å². The van der Waals surface area contributed by atoms with Gasteiger partial charge in [-0.05, 0) is 37.1 Å². The number of amidine groups is 1. The van der Waals surface area contributed by atoms with Crippen molar-refractivity contribution in [2.45, 2.75) is 26.7 Å². The van der Waals surface area contributed by atoms with Crippen molar-refractivity contribution in [2.24, 2.45) is 4.99 Å². The van der Waals surface area contributed by atoms with Crippen molar-refractivity contribution in [3.8, 4) is 0 Å². The van der Waals surface area contributed by atoms with Crippen LogP contribution >= 0.6 is 11.6 Å². The van der Waals surface area contributed by atoms with Crippen molar-refractivity contribution >= 4 is 17.4 Å². The summed E-state index contributed by atoms with van der Waals surface area (Å²) in [5.41, 5.74) is 1.10. The SMILES string of the molecule is CCC/N=C(\NCCC)c1ccc(Cl)cc1. The Kier molecular flexibility index (Phi) is 5.94. The summed E-state index contributed by atoms with van der Waals surface area (Å²) in [7, 11) is 0. The molecule has 1 N–H and O–H groups in total. The molecule has 0 atom stereocenters. The average Bonchev–Trinajstić information content (AvgIpc) is 2.31. The van der Waals surface area contributed by atoms with E-state index in [9.17, 15) is 0 Å². The maximum absolute atomic E-state index is 5.86. The number of benzene rings is 1. The lowest BCUT2D eigenvalue weighted by Crippen LogP contribution is -2.25. The highest BCUT2D eigenvalue weighted by molar-refractivity contribution is 6.30. The number of nitrogens with zero attached hydrogens (tertiary/aromatic N) is 1. The Labute approximate surface area is 103 Å². The van der Waals surface area contributed by atoms with E-state index >= 15 is 0 Å². The number of hydrogen-bond donors (Lipinski definition) is 1. The molecule has 0 unspecified atom stereocenters. The largest absolute Gasteiger partial charge is 0.370 e. The zero-order valence-corrected chi connectivity index (χ0v) is 10.7. The Balaban J connectivity index is 2.78. The molecule has 88 valence electrons. The number of aliphatic imine (C=N–C) groups is 1. The molecule has 1 aromatic carbocycles. The van der Waals surface area contributed by atoms with Gasteiger partial charge in [-0.15, -0.1) is 0 Å². The van der Waals surface area contributed by atoms with Gasteiger partial charge >= 0.3 is 0 Å². The normalized spacial score (nSPS) is 11.6. The third-order valence-electron chi connectivity index (χ3n) is 2.15. The smallest absolute Gasteiger partial charge is 0.128 e. The van der Waals surface area contributed by atoms with Gasteiger partial charge in [-0.2, -0.15) is 0 Å². The van der Waals surface area contributed by atoms with Crippen LogP contribution in [0.1, 0.15) is 32.3 Å². The second-order valence-electron chi connectivity index (χ2n) is 3.66. The number of halogens is 1. The molecule has 2 nitrogen and oxygen atoms in total. The molecule has 0 aromatic heterocycles. The summed E-state index contributed by atoms with van der Waals surface area (Å²) in [6.45, 7) is 6.08. The van der Waals surface area contributed by atoms with Crippen molar-refractivity contribution in [1.29, 1.82) is 0 Å². The molecule has 1 rings (SSSR count). The zero-order valence-electron chi connectivity index (χ0n) is 9.96. The van der Waals surface area contributed by atoms with Gasteiger partial charge in [0.15, 0.2) is 0 Å². The molecule has 0 radical (unpaired) electrons. The molecule has 0 aliphatic heterocycles. The number of rotatable bonds is 5. The van der Waals surface area contributed by atoms with E-state index in [0.29, 0.717) is 0 Å². The van der Waals surface area contributed by atoms with Gasteiger partial charge in [0.1, 0.15) is 5.84 Å². The molecule has 0 amide bonds. The van der Waals surface area contributed by atoms with Gasteiger partial charge in [0, 0.05) is 23.7 Å². The first-order valence-electron chi connectivity index (χ1n) is 5.82. The van der Waals surface area contributed by atoms with Crippen molar-refractivity contribution in [3.63, 3.8) is 0 Å². The van der Waals surface area contributed by atoms with Crippen LogP contribution in [0.15, 0.2) is 29.3 Å². The topological polar surface area (TPSA) is 24.4 Å². The molecule has 0 heterocycles. The van der Waals surface area contributed by atoms with Crippen LogP contribution in [0, 0.1) is 0 Å². The molecule has 0 saturated carbocycles. The standard InChI is InChI=1S/C13H19ClN2/c1-3-9-15-13(16-10-4-2)11-5-7-12(14)8-6-11/h5-8H,3-4,9-10H2,1-2H3,(H,15,16). The van der Waals surface area contributed by atoms with Crippen molar-refractivity contribution in [2.75, 3.05) is 13.1 Å². The molecule has 1 aromatic rings. The van der Waals surface area contributed by atoms with E-state index in [4.69, 9.17) is 11.6 Å². The molecule has 0 aliphatic carbocycles. The molecule has 16 heavy (non-hydrogen) atoms. The Bertz CT molecular complexity index is 330. The minimum Gasteiger partial charge on any atom is -0.370 e. The molecule has 3 heteroatoms. The van der Waals surface area contributed by atoms with Gasteiger partial charge in [-0.25, -0.2) is 0 Å². The van der Waals surface area contributed by atoms with Crippen molar-refractivity contribution in [3.05, 3.63) is 34.9 Å². The monoisotopic (exact) mass is 238 g/mol. The summed E-state index contributed by atoms with van der Waals surface area (Å²) < 4.78 is 0. The molecule has 0 aliphatic rings. The van der Waals surface area contributed by atoms with E-state index in [1.54, 1.807) is 0 Å². The fourth-order valence-electron chi connectivity index (χ4n) is 1.32. The Hall–Kier alpha value is -1.02. The minimum absolute atomic E-state index is 0.758. The van der Waals surface area contributed by atoms with Gasteiger partial charge in [0.2, 0.25) is 0 Å². The summed E-state index contributed by atoms with van der Waals surface area (Å²) in [5.74, 6) is 0.973. The molecule has 0 spiro atoms. The van der Waals surface area contributed by atoms with E-state index in [0.717, 1.165) is 42.4 Å². The van der Waals surface area contributed by atoms with Gasteiger partial charge in [-0.3, -0.25) is 4.99 Å². The Morgan fingerprint density at radius 3 is 2.44 bits per heavy atom. The van der Waals surface area contributed by atoms with Crippen LogP contribution < -0.4 is 5.32 Å². The van der Waals surface area contributed by atoms with Crippen LogP contribution in [0.5, 0.6) is 0 Å². The first-order valence-corrected chi connectivity index (χ1v) is 6.20. The van der Waals surface area contributed by atoms with Crippen LogP contribution in [0.3, 0.4) is 0 Å². The van der Waals surface area contributed by atoms with Crippen LogP contribution in [0.2, 0.25) is 5.02 Å². The van der Waals surface area contributed by atoms with E-state index in [1.807, 2.05) is 24.3 Å². The lowest BCUT2D eigenvalue weighted by atomic mass is 10.2. The highest BCUT2D eigenvalue weighted by Crippen LogP contribution is 2.09. The fourth-order valence-corrected chi connectivity index (χ4v) is 1.45. The summed E-state index contributed by atoms with van der Waals surface area (Å²) in [4.78, 5) is 4.54. The maximum atomic E-state index is 5.86. The molecule has 0 bridgehead atoms. The lowest BCUT2D eigenvalue weighted by molar-refractivity contribution is 0.827. The second-order valence-corrected chi connectivity index (χ2v) is 4.10. The van der Waals surface area contributed by atoms with Crippen LogP contribution in [-0.4, -0.2) is 18.9 Å². The molecule has 0 saturated heterocycles. The third kappa shape index (κ3) is 4.23. The van der Waals surface area contributed by atoms with E-state index in [-0.39, 0.29) is 0 Å². The fraction of sp³-hybridized carbons (Fsp3) is 0.462. The van der Waals surface area contributed by atoms with Gasteiger partial charge in [0.25, 0.3) is 0 Å². The Morgan fingerprint density at radius 2 is 1.88 bits per heavy atom. The predicted octanol–water partition coefficient (Wildman–Crippen LogP) is 3.50. The number of nitrogens with one attached hydrogen (secondary N) is 1. The number of hydrogen-bond acceptors (Lipinski definition) is 1. The van der Waals surface area contributed by atoms with Crippen LogP contribution in [-0.2, 0) is 0 Å². The molecular formula is C13H19ClN2. The maximum Gasteiger partial charge on any atom is 0.128 e. The minimum atomic E-state index is 0.758. The first kappa shape index (κ1) is 13.0. The molecular weight excluding hydrogens is 220 g/mol. The van der Waals surface area contributed by atoms with Crippen molar-refractivity contribution < 1.29 is 0 Å². The summed E-state index contributed by atoms with van der Waals surface area (Å²) >= 11 is 5.86. The quantitative estimate of drug-likeness (QED) is 0.616.